The van der Waals surface area contributed by atoms with E-state index < -0.39 is 5.97 Å². The van der Waals surface area contributed by atoms with Gasteiger partial charge in [0, 0.05) is 31.8 Å². The Bertz CT molecular complexity index is 279. The minimum Gasteiger partial charge on any atom is -0.478 e. The highest BCUT2D eigenvalue weighted by Gasteiger charge is 2.13. The lowest BCUT2D eigenvalue weighted by Gasteiger charge is -2.20. The fourth-order valence-corrected chi connectivity index (χ4v) is 1.93. The Kier molecular flexibility index (Phi) is 6.18. The van der Waals surface area contributed by atoms with E-state index in [0.717, 1.165) is 39.1 Å². The van der Waals surface area contributed by atoms with Crippen molar-refractivity contribution in [2.75, 3.05) is 45.9 Å². The van der Waals surface area contributed by atoms with E-state index in [1.165, 1.54) is 0 Å². The number of hydrogen-bond donors (Lipinski definition) is 2. The molecule has 1 fully saturated rings. The first-order valence-corrected chi connectivity index (χ1v) is 6.09. The van der Waals surface area contributed by atoms with E-state index in [1.807, 2.05) is 0 Å². The first-order chi connectivity index (χ1) is 8.13. The Morgan fingerprint density at radius 2 is 1.88 bits per heavy atom. The Labute approximate surface area is 102 Å². The number of hydrogen-bond acceptors (Lipinski definition) is 4. The summed E-state index contributed by atoms with van der Waals surface area (Å²) in [5, 5.41) is 17.6. The van der Waals surface area contributed by atoms with Gasteiger partial charge in [0.05, 0.1) is 6.61 Å². The fraction of sp³-hybridized carbons (Fsp3) is 0.750. The van der Waals surface area contributed by atoms with Crippen molar-refractivity contribution in [2.45, 2.75) is 13.3 Å². The number of aliphatic hydroxyl groups excluding tert-OH is 1. The normalized spacial score (nSPS) is 20.2. The lowest BCUT2D eigenvalue weighted by molar-refractivity contribution is -0.132. The molecule has 2 N–H and O–H groups in total. The SMILES string of the molecule is CC(=CCN1CCCN(CCO)CC1)C(=O)O. The van der Waals surface area contributed by atoms with E-state index in [9.17, 15) is 4.79 Å². The molecule has 98 valence electrons. The highest BCUT2D eigenvalue weighted by atomic mass is 16.4. The highest BCUT2D eigenvalue weighted by Crippen LogP contribution is 2.03. The molecule has 1 aliphatic heterocycles. The standard InChI is InChI=1S/C12H22N2O3/c1-11(12(16)17)3-6-13-4-2-5-14(8-7-13)9-10-15/h3,15H,2,4-10H2,1H3,(H,16,17). The van der Waals surface area contributed by atoms with Crippen molar-refractivity contribution in [3.63, 3.8) is 0 Å². The third kappa shape index (κ3) is 5.30. The molecule has 1 aliphatic rings. The number of nitrogens with zero attached hydrogens (tertiary/aromatic N) is 2. The molecule has 0 aromatic rings. The van der Waals surface area contributed by atoms with E-state index >= 15 is 0 Å². The van der Waals surface area contributed by atoms with Crippen molar-refractivity contribution in [1.29, 1.82) is 0 Å². The van der Waals surface area contributed by atoms with Gasteiger partial charge in [-0.2, -0.15) is 0 Å². The van der Waals surface area contributed by atoms with Gasteiger partial charge in [-0.15, -0.1) is 0 Å². The second kappa shape index (κ2) is 7.42. The molecule has 17 heavy (non-hydrogen) atoms. The first kappa shape index (κ1) is 14.2. The van der Waals surface area contributed by atoms with Crippen LogP contribution in [0, 0.1) is 0 Å². The minimum atomic E-state index is -0.846. The number of carboxylic acid groups (broad SMARTS) is 1. The smallest absolute Gasteiger partial charge is 0.330 e. The van der Waals surface area contributed by atoms with E-state index in [-0.39, 0.29) is 6.61 Å². The van der Waals surface area contributed by atoms with Crippen LogP contribution in [0.15, 0.2) is 11.6 Å². The van der Waals surface area contributed by atoms with Crippen LogP contribution in [0.5, 0.6) is 0 Å². The number of aliphatic hydroxyl groups is 1. The molecule has 0 aromatic heterocycles. The number of β-amino-alcohol motifs (C(OH)–C–C–N with tert-alkyl or cyclic N) is 1. The van der Waals surface area contributed by atoms with E-state index in [2.05, 4.69) is 9.80 Å². The molecule has 1 heterocycles. The summed E-state index contributed by atoms with van der Waals surface area (Å²) in [4.78, 5) is 15.2. The van der Waals surface area contributed by atoms with Gasteiger partial charge in [-0.1, -0.05) is 6.08 Å². The zero-order chi connectivity index (χ0) is 12.7. The molecule has 1 rings (SSSR count). The van der Waals surface area contributed by atoms with Crippen molar-refractivity contribution >= 4 is 5.97 Å². The van der Waals surface area contributed by atoms with Crippen molar-refractivity contribution < 1.29 is 15.0 Å². The largest absolute Gasteiger partial charge is 0.478 e. The average Bonchev–Trinajstić information content (AvgIpc) is 2.52. The Morgan fingerprint density at radius 3 is 2.53 bits per heavy atom. The van der Waals surface area contributed by atoms with Crippen LogP contribution < -0.4 is 0 Å². The average molecular weight is 242 g/mol. The highest BCUT2D eigenvalue weighted by molar-refractivity contribution is 5.85. The molecule has 0 amide bonds. The first-order valence-electron chi connectivity index (χ1n) is 6.09. The van der Waals surface area contributed by atoms with Crippen LogP contribution in [-0.2, 0) is 4.79 Å². The van der Waals surface area contributed by atoms with Crippen LogP contribution >= 0.6 is 0 Å². The lowest BCUT2D eigenvalue weighted by Crippen LogP contribution is -2.32. The van der Waals surface area contributed by atoms with Gasteiger partial charge in [0.15, 0.2) is 0 Å². The van der Waals surface area contributed by atoms with Gasteiger partial charge < -0.3 is 10.2 Å². The maximum Gasteiger partial charge on any atom is 0.330 e. The lowest BCUT2D eigenvalue weighted by atomic mass is 10.2. The Hall–Kier alpha value is -0.910. The quantitative estimate of drug-likeness (QED) is 0.665. The van der Waals surface area contributed by atoms with Gasteiger partial charge in [0.25, 0.3) is 0 Å². The molecular formula is C12H22N2O3. The summed E-state index contributed by atoms with van der Waals surface area (Å²) in [6.07, 6.45) is 2.84. The summed E-state index contributed by atoms with van der Waals surface area (Å²) >= 11 is 0. The Morgan fingerprint density at radius 1 is 1.24 bits per heavy atom. The fourth-order valence-electron chi connectivity index (χ4n) is 1.93. The minimum absolute atomic E-state index is 0.206. The van der Waals surface area contributed by atoms with Gasteiger partial charge in [-0.3, -0.25) is 9.80 Å². The molecule has 5 nitrogen and oxygen atoms in total. The molecule has 5 heteroatoms. The summed E-state index contributed by atoms with van der Waals surface area (Å²) < 4.78 is 0. The van der Waals surface area contributed by atoms with Gasteiger partial charge in [-0.25, -0.2) is 4.79 Å². The molecule has 0 saturated carbocycles. The zero-order valence-corrected chi connectivity index (χ0v) is 10.4. The van der Waals surface area contributed by atoms with Crippen molar-refractivity contribution in [1.82, 2.24) is 9.80 Å². The van der Waals surface area contributed by atoms with Gasteiger partial charge >= 0.3 is 5.97 Å². The maximum absolute atomic E-state index is 10.7. The molecule has 1 saturated heterocycles. The predicted octanol–water partition coefficient (Wildman–Crippen LogP) is 0.0173. The van der Waals surface area contributed by atoms with Crippen LogP contribution in [-0.4, -0.2) is 71.9 Å². The van der Waals surface area contributed by atoms with Gasteiger partial charge in [0.2, 0.25) is 0 Å². The summed E-state index contributed by atoms with van der Waals surface area (Å²) in [6, 6.07) is 0. The predicted molar refractivity (Wildman–Crippen MR) is 66.0 cm³/mol. The van der Waals surface area contributed by atoms with Gasteiger partial charge in [-0.05, 0) is 26.4 Å². The van der Waals surface area contributed by atoms with Crippen LogP contribution in [0.1, 0.15) is 13.3 Å². The molecular weight excluding hydrogens is 220 g/mol. The second-order valence-electron chi connectivity index (χ2n) is 4.41. The molecule has 0 aromatic carbocycles. The van der Waals surface area contributed by atoms with E-state index in [0.29, 0.717) is 12.1 Å². The van der Waals surface area contributed by atoms with Crippen LogP contribution in [0.3, 0.4) is 0 Å². The zero-order valence-electron chi connectivity index (χ0n) is 10.4. The molecule has 0 unspecified atom stereocenters. The van der Waals surface area contributed by atoms with E-state index in [1.54, 1.807) is 13.0 Å². The number of rotatable bonds is 5. The number of carboxylic acids is 1. The van der Waals surface area contributed by atoms with Gasteiger partial charge in [0.1, 0.15) is 0 Å². The topological polar surface area (TPSA) is 64.0 Å². The maximum atomic E-state index is 10.7. The third-order valence-electron chi connectivity index (χ3n) is 3.09. The van der Waals surface area contributed by atoms with Crippen LogP contribution in [0.25, 0.3) is 0 Å². The summed E-state index contributed by atoms with van der Waals surface area (Å²) in [6.45, 7) is 7.15. The van der Waals surface area contributed by atoms with Crippen LogP contribution in [0.2, 0.25) is 0 Å². The summed E-state index contributed by atoms with van der Waals surface area (Å²) in [5.74, 6) is -0.846. The summed E-state index contributed by atoms with van der Waals surface area (Å²) in [5.41, 5.74) is 0.404. The second-order valence-corrected chi connectivity index (χ2v) is 4.41. The molecule has 0 atom stereocenters. The monoisotopic (exact) mass is 242 g/mol. The third-order valence-corrected chi connectivity index (χ3v) is 3.09. The van der Waals surface area contributed by atoms with E-state index in [4.69, 9.17) is 10.2 Å². The Balaban J connectivity index is 2.36. The van der Waals surface area contributed by atoms with Crippen molar-refractivity contribution in [2.24, 2.45) is 0 Å². The molecule has 0 radical (unpaired) electrons. The van der Waals surface area contributed by atoms with Crippen LogP contribution in [0.4, 0.5) is 0 Å². The molecule has 0 spiro atoms. The number of aliphatic carboxylic acids is 1. The number of carbonyl (C=O) groups is 1. The van der Waals surface area contributed by atoms with Crippen molar-refractivity contribution in [3.8, 4) is 0 Å². The molecule has 0 aliphatic carbocycles. The summed E-state index contributed by atoms with van der Waals surface area (Å²) in [7, 11) is 0. The van der Waals surface area contributed by atoms with Crippen molar-refractivity contribution in [3.05, 3.63) is 11.6 Å². The molecule has 0 bridgehead atoms.